The van der Waals surface area contributed by atoms with Crippen molar-refractivity contribution >= 4 is 17.7 Å². The minimum Gasteiger partial charge on any atom is -0.463 e. The zero-order valence-electron chi connectivity index (χ0n) is 16.1. The Labute approximate surface area is 166 Å². The Morgan fingerprint density at radius 3 is 2.66 bits per heavy atom. The van der Waals surface area contributed by atoms with Gasteiger partial charge in [0, 0.05) is 5.69 Å². The quantitative estimate of drug-likeness (QED) is 0.616. The van der Waals surface area contributed by atoms with Gasteiger partial charge in [-0.15, -0.1) is 0 Å². The van der Waals surface area contributed by atoms with Crippen molar-refractivity contribution in [2.24, 2.45) is 0 Å². The molecule has 3 rings (SSSR count). The zero-order chi connectivity index (χ0) is 21.0. The molecule has 158 valence electrons. The Morgan fingerprint density at radius 1 is 1.28 bits per heavy atom. The minimum atomic E-state index is -4.37. The number of anilines is 1. The van der Waals surface area contributed by atoms with Crippen LogP contribution in [-0.2, 0) is 15.7 Å². The summed E-state index contributed by atoms with van der Waals surface area (Å²) in [6.07, 6.45) is -4.37. The molecule has 2 aliphatic heterocycles. The van der Waals surface area contributed by atoms with Gasteiger partial charge in [-0.2, -0.15) is 13.2 Å². The summed E-state index contributed by atoms with van der Waals surface area (Å²) < 4.78 is 43.9. The van der Waals surface area contributed by atoms with Gasteiger partial charge in [-0.05, 0) is 25.1 Å². The molecule has 29 heavy (non-hydrogen) atoms. The summed E-state index contributed by atoms with van der Waals surface area (Å²) in [5, 5.41) is 5.26. The van der Waals surface area contributed by atoms with Gasteiger partial charge < -0.3 is 25.2 Å². The highest BCUT2D eigenvalue weighted by Gasteiger charge is 2.32. The van der Waals surface area contributed by atoms with Crippen molar-refractivity contribution in [3.8, 4) is 0 Å². The molecule has 0 bridgehead atoms. The predicted molar refractivity (Wildman–Crippen MR) is 99.4 cm³/mol. The normalized spacial score (nSPS) is 18.3. The van der Waals surface area contributed by atoms with E-state index in [9.17, 15) is 22.8 Å². The van der Waals surface area contributed by atoms with E-state index in [1.807, 2.05) is 4.90 Å². The molecule has 1 saturated heterocycles. The molecule has 2 amide bonds. The Balaban J connectivity index is 1.64. The summed E-state index contributed by atoms with van der Waals surface area (Å²) >= 11 is 0. The van der Waals surface area contributed by atoms with Crippen LogP contribution in [0, 0.1) is 0 Å². The molecule has 1 aromatic carbocycles. The summed E-state index contributed by atoms with van der Waals surface area (Å²) in [6.45, 7) is 4.99. The summed E-state index contributed by atoms with van der Waals surface area (Å²) in [5.74, 6) is -0.461. The highest BCUT2D eigenvalue weighted by atomic mass is 19.4. The molecule has 0 aromatic heterocycles. The molecule has 0 radical (unpaired) electrons. The number of urea groups is 1. The van der Waals surface area contributed by atoms with Crippen LogP contribution in [0.5, 0.6) is 0 Å². The maximum Gasteiger partial charge on any atom is 0.416 e. The van der Waals surface area contributed by atoms with Crippen LogP contribution in [0.25, 0.3) is 0 Å². The van der Waals surface area contributed by atoms with E-state index in [1.165, 1.54) is 12.1 Å². The summed E-state index contributed by atoms with van der Waals surface area (Å²) in [6, 6.07) is 4.95. The van der Waals surface area contributed by atoms with Gasteiger partial charge in [0.05, 0.1) is 56.2 Å². The molecule has 0 spiro atoms. The molecule has 1 fully saturated rings. The van der Waals surface area contributed by atoms with Crippen molar-refractivity contribution in [2.75, 3.05) is 50.8 Å². The second-order valence-electron chi connectivity index (χ2n) is 6.95. The number of nitrogens with zero attached hydrogens (tertiary/aromatic N) is 1. The number of esters is 1. The van der Waals surface area contributed by atoms with E-state index in [1.54, 1.807) is 13.0 Å². The molecule has 3 N–H and O–H groups in total. The van der Waals surface area contributed by atoms with Crippen LogP contribution in [0.15, 0.2) is 35.5 Å². The number of carbonyl (C=O) groups excluding carboxylic acids is 2. The number of nitrogens with one attached hydrogen (secondary N) is 3. The number of quaternary nitrogens is 1. The first-order valence-electron chi connectivity index (χ1n) is 9.47. The highest BCUT2D eigenvalue weighted by molar-refractivity contribution is 5.93. The lowest BCUT2D eigenvalue weighted by atomic mass is 10.1. The van der Waals surface area contributed by atoms with Gasteiger partial charge in [-0.25, -0.2) is 9.59 Å². The van der Waals surface area contributed by atoms with Gasteiger partial charge in [-0.1, -0.05) is 6.07 Å². The number of carbonyl (C=O) groups is 2. The van der Waals surface area contributed by atoms with Crippen LogP contribution in [-0.4, -0.2) is 57.9 Å². The molecule has 7 nitrogen and oxygen atoms in total. The maximum absolute atomic E-state index is 12.9. The second kappa shape index (κ2) is 8.73. The van der Waals surface area contributed by atoms with Crippen molar-refractivity contribution < 1.29 is 32.4 Å². The average molecular weight is 413 g/mol. The third-order valence-corrected chi connectivity index (χ3v) is 5.01. The van der Waals surface area contributed by atoms with Crippen LogP contribution in [0.3, 0.4) is 0 Å². The van der Waals surface area contributed by atoms with Crippen molar-refractivity contribution in [3.63, 3.8) is 0 Å². The monoisotopic (exact) mass is 413 g/mol. The van der Waals surface area contributed by atoms with Gasteiger partial charge in [-0.3, -0.25) is 0 Å². The van der Waals surface area contributed by atoms with Crippen LogP contribution >= 0.6 is 0 Å². The number of ether oxygens (including phenoxy) is 1. The molecule has 0 unspecified atom stereocenters. The largest absolute Gasteiger partial charge is 0.463 e. The Morgan fingerprint density at radius 2 is 2.00 bits per heavy atom. The lowest BCUT2D eigenvalue weighted by Crippen LogP contribution is -3.15. The molecular weight excluding hydrogens is 389 g/mol. The SMILES string of the molecule is CCOC(=O)C1=C(C[NH+]2CCN(c3cccc(C(F)(F)F)c3)CC2)NC(=O)NC1. The molecular formula is C19H24F3N4O3+. The van der Waals surface area contributed by atoms with Gasteiger partial charge in [0.1, 0.15) is 6.54 Å². The zero-order valence-corrected chi connectivity index (χ0v) is 16.1. The fourth-order valence-corrected chi connectivity index (χ4v) is 3.48. The minimum absolute atomic E-state index is 0.115. The van der Waals surface area contributed by atoms with Crippen LogP contribution in [0.4, 0.5) is 23.7 Å². The van der Waals surface area contributed by atoms with Crippen molar-refractivity contribution in [2.45, 2.75) is 13.1 Å². The molecule has 10 heteroatoms. The first kappa shape index (κ1) is 21.0. The molecule has 0 atom stereocenters. The smallest absolute Gasteiger partial charge is 0.416 e. The van der Waals surface area contributed by atoms with Crippen LogP contribution < -0.4 is 20.4 Å². The number of halogens is 3. The molecule has 2 heterocycles. The van der Waals surface area contributed by atoms with E-state index >= 15 is 0 Å². The fourth-order valence-electron chi connectivity index (χ4n) is 3.48. The average Bonchev–Trinajstić information content (AvgIpc) is 2.68. The topological polar surface area (TPSA) is 75.1 Å². The fraction of sp³-hybridized carbons (Fsp3) is 0.474. The number of benzene rings is 1. The standard InChI is InChI=1S/C19H23F3N4O3/c1-2-29-17(27)15-11-23-18(28)24-16(15)12-25-6-8-26(9-7-25)14-5-3-4-13(10-14)19(20,21)22/h3-5,10H,2,6-9,11-12H2,1H3,(H2,23,24,28)/p+1. The van der Waals surface area contributed by atoms with E-state index in [-0.39, 0.29) is 19.2 Å². The summed E-state index contributed by atoms with van der Waals surface area (Å²) in [7, 11) is 0. The summed E-state index contributed by atoms with van der Waals surface area (Å²) in [4.78, 5) is 26.8. The first-order valence-corrected chi connectivity index (χ1v) is 9.47. The molecule has 2 aliphatic rings. The van der Waals surface area contributed by atoms with Gasteiger partial charge in [0.15, 0.2) is 0 Å². The van der Waals surface area contributed by atoms with Crippen molar-refractivity contribution in [3.05, 3.63) is 41.1 Å². The van der Waals surface area contributed by atoms with Crippen LogP contribution in [0.2, 0.25) is 0 Å². The van der Waals surface area contributed by atoms with E-state index in [0.29, 0.717) is 49.7 Å². The number of amides is 2. The van der Waals surface area contributed by atoms with E-state index in [4.69, 9.17) is 4.74 Å². The lowest BCUT2D eigenvalue weighted by Gasteiger charge is -2.35. The number of hydrogen-bond acceptors (Lipinski definition) is 4. The lowest BCUT2D eigenvalue weighted by molar-refractivity contribution is -0.896. The third kappa shape index (κ3) is 5.20. The predicted octanol–water partition coefficient (Wildman–Crippen LogP) is 0.540. The van der Waals surface area contributed by atoms with Crippen molar-refractivity contribution in [1.82, 2.24) is 10.6 Å². The Hall–Kier alpha value is -2.75. The van der Waals surface area contributed by atoms with Gasteiger partial charge >= 0.3 is 18.2 Å². The molecule has 0 aliphatic carbocycles. The van der Waals surface area contributed by atoms with Gasteiger partial charge in [0.25, 0.3) is 0 Å². The van der Waals surface area contributed by atoms with E-state index in [2.05, 4.69) is 10.6 Å². The number of hydrogen-bond donors (Lipinski definition) is 3. The third-order valence-electron chi connectivity index (χ3n) is 5.01. The number of rotatable bonds is 5. The highest BCUT2D eigenvalue weighted by Crippen LogP contribution is 2.31. The molecule has 1 aromatic rings. The van der Waals surface area contributed by atoms with E-state index < -0.39 is 17.7 Å². The van der Waals surface area contributed by atoms with Crippen LogP contribution in [0.1, 0.15) is 12.5 Å². The van der Waals surface area contributed by atoms with Crippen molar-refractivity contribution in [1.29, 1.82) is 0 Å². The number of piperazine rings is 1. The van der Waals surface area contributed by atoms with Gasteiger partial charge in [0.2, 0.25) is 0 Å². The number of alkyl halides is 3. The maximum atomic E-state index is 12.9. The first-order chi connectivity index (χ1) is 13.8. The Bertz CT molecular complexity index is 802. The molecule has 0 saturated carbocycles. The van der Waals surface area contributed by atoms with E-state index in [0.717, 1.165) is 11.0 Å². The second-order valence-corrected chi connectivity index (χ2v) is 6.95. The summed E-state index contributed by atoms with van der Waals surface area (Å²) in [5.41, 5.74) is 0.820. The Kier molecular flexibility index (Phi) is 6.31.